The van der Waals surface area contributed by atoms with Gasteiger partial charge in [-0.25, -0.2) is 14.4 Å². The predicted molar refractivity (Wildman–Crippen MR) is 85.2 cm³/mol. The highest BCUT2D eigenvalue weighted by atomic mass is 35.5. The van der Waals surface area contributed by atoms with Crippen molar-refractivity contribution in [3.63, 3.8) is 0 Å². The molecule has 0 fully saturated rings. The number of hydrogen-bond donors (Lipinski definition) is 2. The van der Waals surface area contributed by atoms with Gasteiger partial charge < -0.3 is 15.8 Å². The maximum absolute atomic E-state index is 13.2. The maximum atomic E-state index is 13.2. The predicted octanol–water partition coefficient (Wildman–Crippen LogP) is 3.76. The maximum Gasteiger partial charge on any atom is 0.143 e. The standard InChI is InChI=1S/C15H12ClFN4O/c1-22-14-6-13-9(5-12(14)18)15(20-7-19-13)21-8-2-3-11(17)10(16)4-8/h2-7H,18H2,1H3,(H,19,20,21). The average Bonchev–Trinajstić information content (AvgIpc) is 2.51. The van der Waals surface area contributed by atoms with Crippen molar-refractivity contribution in [1.82, 2.24) is 9.97 Å². The zero-order valence-electron chi connectivity index (χ0n) is 11.6. The molecule has 0 aliphatic carbocycles. The fraction of sp³-hybridized carbons (Fsp3) is 0.0667. The third-order valence-corrected chi connectivity index (χ3v) is 3.46. The Hall–Kier alpha value is -2.60. The second-order valence-corrected chi connectivity index (χ2v) is 4.99. The highest BCUT2D eigenvalue weighted by Gasteiger charge is 2.09. The van der Waals surface area contributed by atoms with Crippen molar-refractivity contribution in [2.45, 2.75) is 0 Å². The van der Waals surface area contributed by atoms with E-state index in [9.17, 15) is 4.39 Å². The van der Waals surface area contributed by atoms with Gasteiger partial charge in [-0.2, -0.15) is 0 Å². The van der Waals surface area contributed by atoms with Crippen molar-refractivity contribution < 1.29 is 9.13 Å². The van der Waals surface area contributed by atoms with E-state index in [1.807, 2.05) is 0 Å². The minimum absolute atomic E-state index is 0.0320. The Kier molecular flexibility index (Phi) is 3.68. The molecular weight excluding hydrogens is 307 g/mol. The van der Waals surface area contributed by atoms with Gasteiger partial charge in [-0.3, -0.25) is 0 Å². The van der Waals surface area contributed by atoms with E-state index in [1.165, 1.54) is 18.5 Å². The Morgan fingerprint density at radius 2 is 2.05 bits per heavy atom. The number of nitrogen functional groups attached to an aromatic ring is 1. The molecule has 3 N–H and O–H groups in total. The summed E-state index contributed by atoms with van der Waals surface area (Å²) in [5, 5.41) is 3.84. The van der Waals surface area contributed by atoms with E-state index >= 15 is 0 Å². The monoisotopic (exact) mass is 318 g/mol. The Balaban J connectivity index is 2.06. The molecule has 22 heavy (non-hydrogen) atoms. The molecule has 3 aromatic rings. The van der Waals surface area contributed by atoms with Crippen molar-refractivity contribution in [3.8, 4) is 5.75 Å². The number of anilines is 3. The van der Waals surface area contributed by atoms with Gasteiger partial charge in [0.05, 0.1) is 23.3 Å². The molecule has 5 nitrogen and oxygen atoms in total. The molecule has 0 bridgehead atoms. The van der Waals surface area contributed by atoms with Gasteiger partial charge in [-0.05, 0) is 24.3 Å². The summed E-state index contributed by atoms with van der Waals surface area (Å²) >= 11 is 5.78. The van der Waals surface area contributed by atoms with Crippen LogP contribution in [0.25, 0.3) is 10.9 Å². The van der Waals surface area contributed by atoms with Crippen LogP contribution in [0.4, 0.5) is 21.6 Å². The Morgan fingerprint density at radius 1 is 1.23 bits per heavy atom. The SMILES string of the molecule is COc1cc2ncnc(Nc3ccc(F)c(Cl)c3)c2cc1N. The topological polar surface area (TPSA) is 73.1 Å². The van der Waals surface area contributed by atoms with Gasteiger partial charge in [0.25, 0.3) is 0 Å². The highest BCUT2D eigenvalue weighted by Crippen LogP contribution is 2.31. The van der Waals surface area contributed by atoms with Crippen molar-refractivity contribution in [2.24, 2.45) is 0 Å². The first-order valence-corrected chi connectivity index (χ1v) is 6.76. The van der Waals surface area contributed by atoms with E-state index < -0.39 is 5.82 Å². The van der Waals surface area contributed by atoms with Crippen LogP contribution in [0.1, 0.15) is 0 Å². The van der Waals surface area contributed by atoms with Gasteiger partial charge in [-0.1, -0.05) is 11.6 Å². The highest BCUT2D eigenvalue weighted by molar-refractivity contribution is 6.31. The van der Waals surface area contributed by atoms with Gasteiger partial charge >= 0.3 is 0 Å². The molecule has 2 aromatic carbocycles. The van der Waals surface area contributed by atoms with Gasteiger partial charge in [-0.15, -0.1) is 0 Å². The van der Waals surface area contributed by atoms with E-state index in [1.54, 1.807) is 25.3 Å². The summed E-state index contributed by atoms with van der Waals surface area (Å²) in [5.74, 6) is 0.609. The molecule has 1 aromatic heterocycles. The average molecular weight is 319 g/mol. The van der Waals surface area contributed by atoms with Crippen LogP contribution < -0.4 is 15.8 Å². The fourth-order valence-corrected chi connectivity index (χ4v) is 2.27. The van der Waals surface area contributed by atoms with Crippen molar-refractivity contribution >= 4 is 39.7 Å². The van der Waals surface area contributed by atoms with Crippen LogP contribution in [0.15, 0.2) is 36.7 Å². The van der Waals surface area contributed by atoms with Crippen molar-refractivity contribution in [2.75, 3.05) is 18.2 Å². The minimum atomic E-state index is -0.478. The lowest BCUT2D eigenvalue weighted by atomic mass is 10.2. The number of aromatic nitrogens is 2. The molecule has 0 saturated heterocycles. The number of hydrogen-bond acceptors (Lipinski definition) is 5. The molecule has 7 heteroatoms. The lowest BCUT2D eigenvalue weighted by Gasteiger charge is -2.11. The summed E-state index contributed by atoms with van der Waals surface area (Å²) < 4.78 is 18.4. The number of benzene rings is 2. The molecule has 112 valence electrons. The molecule has 1 heterocycles. The summed E-state index contributed by atoms with van der Waals surface area (Å²) in [4.78, 5) is 8.39. The zero-order chi connectivity index (χ0) is 15.7. The summed E-state index contributed by atoms with van der Waals surface area (Å²) in [5.41, 5.74) is 7.69. The summed E-state index contributed by atoms with van der Waals surface area (Å²) in [6.45, 7) is 0. The van der Waals surface area contributed by atoms with E-state index in [0.29, 0.717) is 28.5 Å². The zero-order valence-corrected chi connectivity index (χ0v) is 12.4. The molecule has 0 aliphatic heterocycles. The molecule has 3 rings (SSSR count). The lowest BCUT2D eigenvalue weighted by molar-refractivity contribution is 0.417. The number of nitrogens with one attached hydrogen (secondary N) is 1. The second kappa shape index (κ2) is 5.65. The van der Waals surface area contributed by atoms with Crippen LogP contribution in [-0.2, 0) is 0 Å². The third-order valence-electron chi connectivity index (χ3n) is 3.17. The smallest absolute Gasteiger partial charge is 0.143 e. The molecular formula is C15H12ClFN4O. The quantitative estimate of drug-likeness (QED) is 0.719. The molecule has 0 radical (unpaired) electrons. The van der Waals surface area contributed by atoms with Crippen molar-refractivity contribution in [1.29, 1.82) is 0 Å². The number of methoxy groups -OCH3 is 1. The van der Waals surface area contributed by atoms with Gasteiger partial charge in [0.2, 0.25) is 0 Å². The van der Waals surface area contributed by atoms with Crippen LogP contribution in [0, 0.1) is 5.82 Å². The third kappa shape index (κ3) is 2.60. The molecule has 0 unspecified atom stereocenters. The molecule has 0 amide bonds. The first-order valence-electron chi connectivity index (χ1n) is 6.39. The summed E-state index contributed by atoms with van der Waals surface area (Å²) in [6.07, 6.45) is 1.42. The van der Waals surface area contributed by atoms with Gasteiger partial charge in [0, 0.05) is 17.1 Å². The van der Waals surface area contributed by atoms with Crippen molar-refractivity contribution in [3.05, 3.63) is 47.5 Å². The normalized spacial score (nSPS) is 10.7. The Labute approximate surface area is 130 Å². The van der Waals surface area contributed by atoms with Gasteiger partial charge in [0.1, 0.15) is 23.7 Å². The van der Waals surface area contributed by atoms with Crippen LogP contribution in [0.5, 0.6) is 5.75 Å². The lowest BCUT2D eigenvalue weighted by Crippen LogP contribution is -1.99. The van der Waals surface area contributed by atoms with Crippen LogP contribution >= 0.6 is 11.6 Å². The number of rotatable bonds is 3. The van der Waals surface area contributed by atoms with E-state index in [2.05, 4.69) is 15.3 Å². The molecule has 0 aliphatic rings. The first-order chi connectivity index (χ1) is 10.6. The summed E-state index contributed by atoms with van der Waals surface area (Å²) in [7, 11) is 1.54. The number of ether oxygens (including phenoxy) is 1. The van der Waals surface area contributed by atoms with Gasteiger partial charge in [0.15, 0.2) is 0 Å². The van der Waals surface area contributed by atoms with E-state index in [-0.39, 0.29) is 5.02 Å². The minimum Gasteiger partial charge on any atom is -0.495 e. The van der Waals surface area contributed by atoms with Crippen LogP contribution in [0.2, 0.25) is 5.02 Å². The summed E-state index contributed by atoms with van der Waals surface area (Å²) in [6, 6.07) is 7.79. The number of halogens is 2. The second-order valence-electron chi connectivity index (χ2n) is 4.59. The largest absolute Gasteiger partial charge is 0.495 e. The molecule has 0 spiro atoms. The molecule has 0 saturated carbocycles. The first kappa shape index (κ1) is 14.3. The number of nitrogens with two attached hydrogens (primary N) is 1. The van der Waals surface area contributed by atoms with Crippen LogP contribution in [-0.4, -0.2) is 17.1 Å². The number of nitrogens with zero attached hydrogens (tertiary/aromatic N) is 2. The number of fused-ring (bicyclic) bond motifs is 1. The fourth-order valence-electron chi connectivity index (χ4n) is 2.09. The van der Waals surface area contributed by atoms with Crippen LogP contribution in [0.3, 0.4) is 0 Å². The molecule has 0 atom stereocenters. The Morgan fingerprint density at radius 3 is 2.77 bits per heavy atom. The Bertz CT molecular complexity index is 856. The van der Waals surface area contributed by atoms with E-state index in [4.69, 9.17) is 22.1 Å². The van der Waals surface area contributed by atoms with E-state index in [0.717, 1.165) is 5.39 Å².